The van der Waals surface area contributed by atoms with Crippen molar-refractivity contribution < 1.29 is 32.2 Å². The number of hydrogen-bond acceptors (Lipinski definition) is 4. The number of nitrogens with one attached hydrogen (secondary N) is 1. The zero-order valence-corrected chi connectivity index (χ0v) is 14.3. The van der Waals surface area contributed by atoms with Crippen molar-refractivity contribution in [3.8, 4) is 5.75 Å². The Kier molecular flexibility index (Phi) is 6.84. The van der Waals surface area contributed by atoms with E-state index in [2.05, 4.69) is 10.1 Å². The molecule has 0 aromatic heterocycles. The van der Waals surface area contributed by atoms with Gasteiger partial charge in [0.15, 0.2) is 0 Å². The summed E-state index contributed by atoms with van der Waals surface area (Å²) >= 11 is 0. The second-order valence-electron chi connectivity index (χ2n) is 5.90. The van der Waals surface area contributed by atoms with Gasteiger partial charge in [-0.15, -0.1) is 13.2 Å². The van der Waals surface area contributed by atoms with Gasteiger partial charge in [-0.3, -0.25) is 9.59 Å². The highest BCUT2D eigenvalue weighted by Crippen LogP contribution is 2.24. The molecule has 26 heavy (non-hydrogen) atoms. The molecule has 1 saturated heterocycles. The summed E-state index contributed by atoms with van der Waals surface area (Å²) in [4.78, 5) is 25.6. The molecule has 1 atom stereocenters. The lowest BCUT2D eigenvalue weighted by Crippen LogP contribution is -2.41. The van der Waals surface area contributed by atoms with E-state index in [9.17, 15) is 22.8 Å². The highest BCUT2D eigenvalue weighted by atomic mass is 19.4. The second-order valence-corrected chi connectivity index (χ2v) is 5.90. The predicted octanol–water partition coefficient (Wildman–Crippen LogP) is 2.40. The van der Waals surface area contributed by atoms with E-state index in [-0.39, 0.29) is 30.4 Å². The topological polar surface area (TPSA) is 67.9 Å². The van der Waals surface area contributed by atoms with E-state index in [1.807, 2.05) is 0 Å². The second kappa shape index (κ2) is 8.88. The van der Waals surface area contributed by atoms with Gasteiger partial charge in [-0.25, -0.2) is 0 Å². The number of benzene rings is 1. The number of carbonyl (C=O) groups is 2. The minimum absolute atomic E-state index is 0.0514. The summed E-state index contributed by atoms with van der Waals surface area (Å²) in [6.07, 6.45) is -4.58. The monoisotopic (exact) mass is 374 g/mol. The molecule has 144 valence electrons. The van der Waals surface area contributed by atoms with Gasteiger partial charge in [0.1, 0.15) is 5.75 Å². The first kappa shape index (κ1) is 20.0. The first-order valence-corrected chi connectivity index (χ1v) is 8.25. The maximum atomic E-state index is 12.1. The van der Waals surface area contributed by atoms with Crippen LogP contribution < -0.4 is 10.1 Å². The fourth-order valence-electron chi connectivity index (χ4n) is 2.55. The number of morpholine rings is 1. The number of halogens is 3. The molecule has 1 aromatic rings. The molecular weight excluding hydrogens is 353 g/mol. The highest BCUT2D eigenvalue weighted by molar-refractivity contribution is 5.84. The van der Waals surface area contributed by atoms with Crippen LogP contribution in [-0.2, 0) is 14.3 Å². The Bertz CT molecular complexity index is 613. The van der Waals surface area contributed by atoms with Gasteiger partial charge >= 0.3 is 6.36 Å². The number of carbonyl (C=O) groups excluding carboxylic acids is 2. The first-order valence-electron chi connectivity index (χ1n) is 8.25. The zero-order chi connectivity index (χ0) is 19.2. The zero-order valence-electron chi connectivity index (χ0n) is 14.3. The van der Waals surface area contributed by atoms with E-state index in [1.54, 1.807) is 11.8 Å². The number of amides is 2. The van der Waals surface area contributed by atoms with Crippen LogP contribution in [0.15, 0.2) is 24.3 Å². The van der Waals surface area contributed by atoms with Gasteiger partial charge in [-0.05, 0) is 24.6 Å². The van der Waals surface area contributed by atoms with Crippen LogP contribution in [0.25, 0.3) is 0 Å². The Morgan fingerprint density at radius 3 is 2.38 bits per heavy atom. The SMILES string of the molecule is C[C@H](NC(=O)CCC(=O)N1CCOCC1)c1ccc(OC(F)(F)F)cc1. The molecule has 2 rings (SSSR count). The van der Waals surface area contributed by atoms with Crippen molar-refractivity contribution in [2.24, 2.45) is 0 Å². The van der Waals surface area contributed by atoms with Crippen molar-refractivity contribution in [1.29, 1.82) is 0 Å². The molecule has 1 aromatic carbocycles. The Morgan fingerprint density at radius 1 is 1.19 bits per heavy atom. The minimum atomic E-state index is -4.74. The molecule has 9 heteroatoms. The van der Waals surface area contributed by atoms with E-state index in [1.165, 1.54) is 24.3 Å². The standard InChI is InChI=1S/C17H21F3N2O4/c1-12(13-2-4-14(5-3-13)26-17(18,19)20)21-15(23)6-7-16(24)22-8-10-25-11-9-22/h2-5,12H,6-11H2,1H3,(H,21,23)/t12-/m0/s1. The summed E-state index contributed by atoms with van der Waals surface area (Å²) in [5.74, 6) is -0.713. The average molecular weight is 374 g/mol. The van der Waals surface area contributed by atoms with Crippen LogP contribution in [0.2, 0.25) is 0 Å². The normalized spacial score (nSPS) is 16.1. The van der Waals surface area contributed by atoms with Crippen molar-refractivity contribution in [3.05, 3.63) is 29.8 Å². The lowest BCUT2D eigenvalue weighted by Gasteiger charge is -2.26. The molecule has 1 aliphatic rings. The van der Waals surface area contributed by atoms with Crippen LogP contribution in [0.1, 0.15) is 31.4 Å². The smallest absolute Gasteiger partial charge is 0.406 e. The van der Waals surface area contributed by atoms with Crippen LogP contribution >= 0.6 is 0 Å². The number of hydrogen-bond donors (Lipinski definition) is 1. The molecule has 0 spiro atoms. The van der Waals surface area contributed by atoms with Crippen molar-refractivity contribution in [2.75, 3.05) is 26.3 Å². The Labute approximate surface area is 149 Å². The summed E-state index contributed by atoms with van der Waals surface area (Å²) in [5.41, 5.74) is 0.632. The van der Waals surface area contributed by atoms with Crippen LogP contribution in [0.4, 0.5) is 13.2 Å². The predicted molar refractivity (Wildman–Crippen MR) is 86.3 cm³/mol. The van der Waals surface area contributed by atoms with Gasteiger partial charge in [0.2, 0.25) is 11.8 Å². The third-order valence-electron chi connectivity index (χ3n) is 3.92. The number of rotatable bonds is 6. The maximum Gasteiger partial charge on any atom is 0.573 e. The molecule has 1 fully saturated rings. The first-order chi connectivity index (χ1) is 12.2. The molecule has 0 bridgehead atoms. The summed E-state index contributed by atoms with van der Waals surface area (Å²) in [6, 6.07) is 4.87. The molecule has 0 aliphatic carbocycles. The van der Waals surface area contributed by atoms with Crippen LogP contribution in [0, 0.1) is 0 Å². The van der Waals surface area contributed by atoms with Gasteiger partial charge in [-0.2, -0.15) is 0 Å². The molecule has 1 heterocycles. The molecule has 2 amide bonds. The number of ether oxygens (including phenoxy) is 2. The Hall–Kier alpha value is -2.29. The van der Waals surface area contributed by atoms with Gasteiger partial charge < -0.3 is 19.7 Å². The summed E-state index contributed by atoms with van der Waals surface area (Å²) < 4.78 is 45.4. The highest BCUT2D eigenvalue weighted by Gasteiger charge is 2.31. The van der Waals surface area contributed by atoms with Gasteiger partial charge in [0.05, 0.1) is 19.3 Å². The van der Waals surface area contributed by atoms with Crippen LogP contribution in [0.5, 0.6) is 5.75 Å². The third kappa shape index (κ3) is 6.55. The lowest BCUT2D eigenvalue weighted by molar-refractivity contribution is -0.274. The fourth-order valence-corrected chi connectivity index (χ4v) is 2.55. The van der Waals surface area contributed by atoms with Crippen LogP contribution in [-0.4, -0.2) is 49.4 Å². The Morgan fingerprint density at radius 2 is 1.81 bits per heavy atom. The molecule has 0 unspecified atom stereocenters. The quantitative estimate of drug-likeness (QED) is 0.830. The maximum absolute atomic E-state index is 12.1. The van der Waals surface area contributed by atoms with E-state index in [0.29, 0.717) is 31.9 Å². The summed E-state index contributed by atoms with van der Waals surface area (Å²) in [5, 5.41) is 2.72. The number of alkyl halides is 3. The van der Waals surface area contributed by atoms with E-state index in [0.717, 1.165) is 0 Å². The van der Waals surface area contributed by atoms with Gasteiger partial charge in [-0.1, -0.05) is 12.1 Å². The van der Waals surface area contributed by atoms with Crippen molar-refractivity contribution in [3.63, 3.8) is 0 Å². The Balaban J connectivity index is 1.78. The summed E-state index contributed by atoms with van der Waals surface area (Å²) in [7, 11) is 0. The molecule has 1 N–H and O–H groups in total. The van der Waals surface area contributed by atoms with Crippen molar-refractivity contribution >= 4 is 11.8 Å². The van der Waals surface area contributed by atoms with Gasteiger partial charge in [0.25, 0.3) is 0 Å². The van der Waals surface area contributed by atoms with E-state index in [4.69, 9.17) is 4.74 Å². The molecular formula is C17H21F3N2O4. The van der Waals surface area contributed by atoms with Crippen LogP contribution in [0.3, 0.4) is 0 Å². The molecule has 0 radical (unpaired) electrons. The van der Waals surface area contributed by atoms with E-state index >= 15 is 0 Å². The van der Waals surface area contributed by atoms with E-state index < -0.39 is 12.4 Å². The average Bonchev–Trinajstić information content (AvgIpc) is 2.59. The summed E-state index contributed by atoms with van der Waals surface area (Å²) in [6.45, 7) is 3.78. The third-order valence-corrected chi connectivity index (χ3v) is 3.92. The van der Waals surface area contributed by atoms with Gasteiger partial charge in [0, 0.05) is 25.9 Å². The lowest BCUT2D eigenvalue weighted by atomic mass is 10.1. The number of nitrogens with zero attached hydrogens (tertiary/aromatic N) is 1. The molecule has 1 aliphatic heterocycles. The molecule has 0 saturated carbocycles. The minimum Gasteiger partial charge on any atom is -0.406 e. The fraction of sp³-hybridized carbons (Fsp3) is 0.529. The largest absolute Gasteiger partial charge is 0.573 e. The van der Waals surface area contributed by atoms with Crippen molar-refractivity contribution in [1.82, 2.24) is 10.2 Å². The van der Waals surface area contributed by atoms with Crippen molar-refractivity contribution in [2.45, 2.75) is 32.2 Å². The molecule has 6 nitrogen and oxygen atoms in total.